The first-order valence-electron chi connectivity index (χ1n) is 5.94. The van der Waals surface area contributed by atoms with E-state index in [1.54, 1.807) is 42.2 Å². The zero-order valence-electron chi connectivity index (χ0n) is 10.9. The average molecular weight is 273 g/mol. The molecule has 1 aromatic carbocycles. The second kappa shape index (κ2) is 5.87. The first-order valence-corrected chi connectivity index (χ1v) is 5.94. The molecule has 2 aromatic rings. The van der Waals surface area contributed by atoms with Gasteiger partial charge in [-0.15, -0.1) is 0 Å². The Kier molecular flexibility index (Phi) is 3.99. The van der Waals surface area contributed by atoms with Crippen LogP contribution < -0.4 is 11.1 Å². The Labute approximate surface area is 115 Å². The van der Waals surface area contributed by atoms with E-state index in [1.165, 1.54) is 6.20 Å². The van der Waals surface area contributed by atoms with Crippen LogP contribution in [0, 0.1) is 0 Å². The Morgan fingerprint density at radius 2 is 2.10 bits per heavy atom. The van der Waals surface area contributed by atoms with Crippen LogP contribution in [-0.2, 0) is 13.6 Å². The SMILES string of the molecule is Cn1cc(C(=O)NCc2ccc(C(N)=NO)cc2)cn1. The van der Waals surface area contributed by atoms with E-state index in [2.05, 4.69) is 15.6 Å². The maximum Gasteiger partial charge on any atom is 0.254 e. The van der Waals surface area contributed by atoms with Crippen LogP contribution in [0.4, 0.5) is 0 Å². The summed E-state index contributed by atoms with van der Waals surface area (Å²) in [6.45, 7) is 0.393. The van der Waals surface area contributed by atoms with Crippen molar-refractivity contribution >= 4 is 11.7 Å². The molecule has 0 atom stereocenters. The number of nitrogens with zero attached hydrogens (tertiary/aromatic N) is 3. The number of rotatable bonds is 4. The summed E-state index contributed by atoms with van der Waals surface area (Å²) in [6.07, 6.45) is 3.16. The van der Waals surface area contributed by atoms with Crippen LogP contribution >= 0.6 is 0 Å². The molecule has 0 aliphatic rings. The van der Waals surface area contributed by atoms with E-state index >= 15 is 0 Å². The van der Waals surface area contributed by atoms with Crippen LogP contribution in [-0.4, -0.2) is 26.7 Å². The summed E-state index contributed by atoms with van der Waals surface area (Å²) >= 11 is 0. The van der Waals surface area contributed by atoms with E-state index in [-0.39, 0.29) is 11.7 Å². The van der Waals surface area contributed by atoms with E-state index in [1.807, 2.05) is 0 Å². The number of amidine groups is 1. The van der Waals surface area contributed by atoms with Crippen molar-refractivity contribution in [1.29, 1.82) is 0 Å². The third-order valence-electron chi connectivity index (χ3n) is 2.78. The third-order valence-corrected chi connectivity index (χ3v) is 2.78. The molecule has 104 valence electrons. The van der Waals surface area contributed by atoms with Crippen LogP contribution in [0.5, 0.6) is 0 Å². The number of amides is 1. The number of hydrogen-bond acceptors (Lipinski definition) is 4. The molecule has 0 fully saturated rings. The van der Waals surface area contributed by atoms with E-state index in [0.717, 1.165) is 5.56 Å². The Balaban J connectivity index is 1.96. The minimum Gasteiger partial charge on any atom is -0.409 e. The van der Waals surface area contributed by atoms with Crippen molar-refractivity contribution in [2.45, 2.75) is 6.54 Å². The summed E-state index contributed by atoms with van der Waals surface area (Å²) in [6, 6.07) is 7.05. The Bertz CT molecular complexity index is 630. The van der Waals surface area contributed by atoms with E-state index < -0.39 is 0 Å². The van der Waals surface area contributed by atoms with Crippen molar-refractivity contribution in [3.8, 4) is 0 Å². The van der Waals surface area contributed by atoms with E-state index in [9.17, 15) is 4.79 Å². The highest BCUT2D eigenvalue weighted by Crippen LogP contribution is 2.05. The van der Waals surface area contributed by atoms with Crippen molar-refractivity contribution in [2.75, 3.05) is 0 Å². The summed E-state index contributed by atoms with van der Waals surface area (Å²) in [5.41, 5.74) is 7.51. The molecule has 0 saturated carbocycles. The molecule has 0 aliphatic heterocycles. The minimum absolute atomic E-state index is 0.0518. The molecule has 7 nitrogen and oxygen atoms in total. The predicted octanol–water partition coefficient (Wildman–Crippen LogP) is 0.445. The quantitative estimate of drug-likeness (QED) is 0.325. The van der Waals surface area contributed by atoms with Gasteiger partial charge in [-0.1, -0.05) is 29.4 Å². The number of nitrogens with two attached hydrogens (primary N) is 1. The predicted molar refractivity (Wildman–Crippen MR) is 73.3 cm³/mol. The van der Waals surface area contributed by atoms with Gasteiger partial charge in [0.05, 0.1) is 11.8 Å². The minimum atomic E-state index is -0.182. The molecule has 0 spiro atoms. The third kappa shape index (κ3) is 3.14. The van der Waals surface area contributed by atoms with E-state index in [0.29, 0.717) is 17.7 Å². The standard InChI is InChI=1S/C13H15N5O2/c1-18-8-11(7-16-18)13(19)15-6-9-2-4-10(5-3-9)12(14)17-20/h2-5,7-8,20H,6H2,1H3,(H2,14,17)(H,15,19). The molecular weight excluding hydrogens is 258 g/mol. The number of carbonyl (C=O) groups excluding carboxylic acids is 1. The van der Waals surface area contributed by atoms with Crippen LogP contribution in [0.3, 0.4) is 0 Å². The Hall–Kier alpha value is -2.83. The molecule has 1 amide bonds. The molecule has 1 aromatic heterocycles. The zero-order chi connectivity index (χ0) is 14.5. The normalized spacial score (nSPS) is 11.3. The largest absolute Gasteiger partial charge is 0.409 e. The molecule has 1 heterocycles. The van der Waals surface area contributed by atoms with Gasteiger partial charge in [-0.25, -0.2) is 0 Å². The first kappa shape index (κ1) is 13.6. The number of carbonyl (C=O) groups is 1. The fourth-order valence-corrected chi connectivity index (χ4v) is 1.67. The van der Waals surface area contributed by atoms with Gasteiger partial charge >= 0.3 is 0 Å². The molecule has 0 aliphatic carbocycles. The van der Waals surface area contributed by atoms with Gasteiger partial charge < -0.3 is 16.3 Å². The van der Waals surface area contributed by atoms with Gasteiger partial charge in [0, 0.05) is 25.4 Å². The van der Waals surface area contributed by atoms with Gasteiger partial charge in [0.15, 0.2) is 5.84 Å². The van der Waals surface area contributed by atoms with Crippen molar-refractivity contribution < 1.29 is 10.0 Å². The molecule has 0 radical (unpaired) electrons. The van der Waals surface area contributed by atoms with Crippen LogP contribution in [0.15, 0.2) is 41.8 Å². The summed E-state index contributed by atoms with van der Waals surface area (Å²) in [4.78, 5) is 11.8. The monoisotopic (exact) mass is 273 g/mol. The van der Waals surface area contributed by atoms with Crippen molar-refractivity contribution in [3.63, 3.8) is 0 Å². The van der Waals surface area contributed by atoms with Crippen molar-refractivity contribution in [2.24, 2.45) is 17.9 Å². The molecular formula is C13H15N5O2. The fraction of sp³-hybridized carbons (Fsp3) is 0.154. The molecule has 0 bridgehead atoms. The van der Waals surface area contributed by atoms with Gasteiger partial charge in [0.2, 0.25) is 0 Å². The Morgan fingerprint density at radius 1 is 1.40 bits per heavy atom. The maximum atomic E-state index is 11.8. The van der Waals surface area contributed by atoms with Gasteiger partial charge in [-0.2, -0.15) is 5.10 Å². The Morgan fingerprint density at radius 3 is 2.65 bits per heavy atom. The van der Waals surface area contributed by atoms with Crippen molar-refractivity contribution in [3.05, 3.63) is 53.3 Å². The number of benzene rings is 1. The molecule has 2 rings (SSSR count). The average Bonchev–Trinajstić information content (AvgIpc) is 2.91. The lowest BCUT2D eigenvalue weighted by atomic mass is 10.1. The highest BCUT2D eigenvalue weighted by Gasteiger charge is 2.07. The summed E-state index contributed by atoms with van der Waals surface area (Å²) in [7, 11) is 1.75. The van der Waals surface area contributed by atoms with Gasteiger partial charge in [-0.3, -0.25) is 9.48 Å². The highest BCUT2D eigenvalue weighted by molar-refractivity contribution is 5.97. The number of aromatic nitrogens is 2. The van der Waals surface area contributed by atoms with Crippen LogP contribution in [0.1, 0.15) is 21.5 Å². The molecule has 20 heavy (non-hydrogen) atoms. The molecule has 0 saturated heterocycles. The lowest BCUT2D eigenvalue weighted by Gasteiger charge is -2.05. The fourth-order valence-electron chi connectivity index (χ4n) is 1.67. The summed E-state index contributed by atoms with van der Waals surface area (Å²) in [5, 5.41) is 18.2. The van der Waals surface area contributed by atoms with Crippen LogP contribution in [0.2, 0.25) is 0 Å². The second-order valence-corrected chi connectivity index (χ2v) is 4.27. The molecule has 0 unspecified atom stereocenters. The zero-order valence-corrected chi connectivity index (χ0v) is 10.9. The number of oxime groups is 1. The van der Waals surface area contributed by atoms with E-state index in [4.69, 9.17) is 10.9 Å². The molecule has 4 N–H and O–H groups in total. The van der Waals surface area contributed by atoms with Gasteiger partial charge in [0.25, 0.3) is 5.91 Å². The highest BCUT2D eigenvalue weighted by atomic mass is 16.4. The second-order valence-electron chi connectivity index (χ2n) is 4.27. The number of nitrogens with one attached hydrogen (secondary N) is 1. The smallest absolute Gasteiger partial charge is 0.254 e. The summed E-state index contributed by atoms with van der Waals surface area (Å²) in [5.74, 6) is -0.130. The lowest BCUT2D eigenvalue weighted by molar-refractivity contribution is 0.0951. The van der Waals surface area contributed by atoms with Crippen LogP contribution in [0.25, 0.3) is 0 Å². The topological polar surface area (TPSA) is 106 Å². The molecule has 7 heteroatoms. The van der Waals surface area contributed by atoms with Gasteiger partial charge in [-0.05, 0) is 5.56 Å². The van der Waals surface area contributed by atoms with Crippen molar-refractivity contribution in [1.82, 2.24) is 15.1 Å². The number of aryl methyl sites for hydroxylation is 1. The summed E-state index contributed by atoms with van der Waals surface area (Å²) < 4.78 is 1.57. The maximum absolute atomic E-state index is 11.8. The van der Waals surface area contributed by atoms with Gasteiger partial charge in [0.1, 0.15) is 0 Å². The number of hydrogen-bond donors (Lipinski definition) is 3. The lowest BCUT2D eigenvalue weighted by Crippen LogP contribution is -2.22. The first-order chi connectivity index (χ1) is 9.60.